The molecule has 0 spiro atoms. The number of nitro groups is 1. The molecular weight excluding hydrogens is 396 g/mol. The maximum Gasteiger partial charge on any atom is 0.292 e. The lowest BCUT2D eigenvalue weighted by molar-refractivity contribution is -0.383. The first-order valence-corrected chi connectivity index (χ1v) is 8.72. The van der Waals surface area contributed by atoms with Crippen molar-refractivity contribution in [1.29, 1.82) is 0 Å². The number of hydrogen-bond donors (Lipinski definition) is 1. The summed E-state index contributed by atoms with van der Waals surface area (Å²) in [5.74, 6) is -0.753. The number of halogens is 2. The van der Waals surface area contributed by atoms with E-state index < -0.39 is 22.9 Å². The van der Waals surface area contributed by atoms with Crippen LogP contribution < -0.4 is 5.32 Å². The minimum Gasteiger partial charge on any atom is -0.316 e. The summed E-state index contributed by atoms with van der Waals surface area (Å²) in [6.45, 7) is 0. The minimum absolute atomic E-state index is 0.0276. The Kier molecular flexibility index (Phi) is 4.88. The fourth-order valence-corrected chi connectivity index (χ4v) is 2.99. The van der Waals surface area contributed by atoms with Crippen LogP contribution in [0.3, 0.4) is 0 Å². The van der Waals surface area contributed by atoms with Gasteiger partial charge in [-0.2, -0.15) is 5.10 Å². The van der Waals surface area contributed by atoms with Gasteiger partial charge in [-0.1, -0.05) is 42.5 Å². The van der Waals surface area contributed by atoms with Gasteiger partial charge in [0.1, 0.15) is 16.9 Å². The van der Waals surface area contributed by atoms with Crippen molar-refractivity contribution in [3.05, 3.63) is 88.2 Å². The van der Waals surface area contributed by atoms with Gasteiger partial charge in [0.05, 0.1) is 16.8 Å². The molecule has 0 saturated heterocycles. The van der Waals surface area contributed by atoms with Gasteiger partial charge in [0, 0.05) is 11.6 Å². The zero-order valence-electron chi connectivity index (χ0n) is 15.2. The largest absolute Gasteiger partial charge is 0.316 e. The zero-order valence-corrected chi connectivity index (χ0v) is 15.2. The van der Waals surface area contributed by atoms with E-state index in [4.69, 9.17) is 0 Å². The van der Waals surface area contributed by atoms with Crippen molar-refractivity contribution in [2.75, 3.05) is 5.32 Å². The number of nitrogens with zero attached hydrogens (tertiary/aromatic N) is 4. The second-order valence-corrected chi connectivity index (χ2v) is 6.26. The number of nitrogens with one attached hydrogen (secondary N) is 1. The number of carbonyl (C=O) groups excluding carboxylic acids is 1. The van der Waals surface area contributed by atoms with Crippen LogP contribution in [-0.2, 0) is 0 Å². The van der Waals surface area contributed by atoms with E-state index in [1.54, 1.807) is 30.3 Å². The van der Waals surface area contributed by atoms with Gasteiger partial charge in [0.25, 0.3) is 18.0 Å². The molecular formula is C20H13F2N5O3. The van der Waals surface area contributed by atoms with Gasteiger partial charge in [-0.15, -0.1) is 0 Å². The predicted molar refractivity (Wildman–Crippen MR) is 104 cm³/mol. The Morgan fingerprint density at radius 1 is 1.10 bits per heavy atom. The molecule has 0 aliphatic rings. The topological polar surface area (TPSA) is 102 Å². The fraction of sp³-hybridized carbons (Fsp3) is 0.0500. The van der Waals surface area contributed by atoms with Gasteiger partial charge in [-0.3, -0.25) is 14.9 Å². The second-order valence-electron chi connectivity index (χ2n) is 6.26. The molecule has 2 aromatic heterocycles. The van der Waals surface area contributed by atoms with Crippen molar-refractivity contribution in [2.45, 2.75) is 6.43 Å². The van der Waals surface area contributed by atoms with Gasteiger partial charge < -0.3 is 5.32 Å². The van der Waals surface area contributed by atoms with Crippen molar-refractivity contribution in [3.63, 3.8) is 0 Å². The highest BCUT2D eigenvalue weighted by molar-refractivity contribution is 6.09. The summed E-state index contributed by atoms with van der Waals surface area (Å²) >= 11 is 0. The van der Waals surface area contributed by atoms with Gasteiger partial charge in [-0.05, 0) is 12.1 Å². The van der Waals surface area contributed by atoms with Crippen LogP contribution in [0, 0.1) is 10.1 Å². The van der Waals surface area contributed by atoms with Gasteiger partial charge in [-0.25, -0.2) is 18.3 Å². The molecule has 0 bridgehead atoms. The van der Waals surface area contributed by atoms with Gasteiger partial charge >= 0.3 is 0 Å². The minimum atomic E-state index is -2.86. The lowest BCUT2D eigenvalue weighted by Crippen LogP contribution is -2.14. The number of para-hydroxylation sites is 2. The number of nitro benzene ring substituents is 1. The average Bonchev–Trinajstić information content (AvgIpc) is 3.18. The summed E-state index contributed by atoms with van der Waals surface area (Å²) in [7, 11) is 0. The third kappa shape index (κ3) is 3.46. The number of hydrogen-bond acceptors (Lipinski definition) is 5. The summed E-state index contributed by atoms with van der Waals surface area (Å²) in [4.78, 5) is 27.7. The number of carbonyl (C=O) groups is 1. The number of amides is 1. The summed E-state index contributed by atoms with van der Waals surface area (Å²) in [5, 5.41) is 17.5. The van der Waals surface area contributed by atoms with Crippen molar-refractivity contribution < 1.29 is 18.5 Å². The smallest absolute Gasteiger partial charge is 0.292 e. The highest BCUT2D eigenvalue weighted by Gasteiger charge is 2.23. The van der Waals surface area contributed by atoms with E-state index in [2.05, 4.69) is 15.4 Å². The summed E-state index contributed by atoms with van der Waals surface area (Å²) in [5.41, 5.74) is -0.0837. The van der Waals surface area contributed by atoms with Crippen molar-refractivity contribution in [1.82, 2.24) is 14.6 Å². The first kappa shape index (κ1) is 19.1. The Morgan fingerprint density at radius 2 is 1.80 bits per heavy atom. The molecule has 1 amide bonds. The summed E-state index contributed by atoms with van der Waals surface area (Å²) in [6.07, 6.45) is -1.75. The van der Waals surface area contributed by atoms with Crippen LogP contribution >= 0.6 is 0 Å². The van der Waals surface area contributed by atoms with E-state index in [-0.39, 0.29) is 28.3 Å². The maximum absolute atomic E-state index is 13.6. The molecule has 2 aromatic carbocycles. The lowest BCUT2D eigenvalue weighted by atomic mass is 10.1. The third-order valence-corrected chi connectivity index (χ3v) is 4.39. The monoisotopic (exact) mass is 409 g/mol. The van der Waals surface area contributed by atoms with Crippen molar-refractivity contribution in [3.8, 4) is 11.3 Å². The van der Waals surface area contributed by atoms with E-state index in [1.165, 1.54) is 30.3 Å². The van der Waals surface area contributed by atoms with Crippen LogP contribution in [0.2, 0.25) is 0 Å². The third-order valence-electron chi connectivity index (χ3n) is 4.39. The Labute approximate surface area is 167 Å². The average molecular weight is 409 g/mol. The van der Waals surface area contributed by atoms with Crippen molar-refractivity contribution >= 4 is 22.9 Å². The van der Waals surface area contributed by atoms with Crippen LogP contribution in [0.1, 0.15) is 22.5 Å². The normalized spacial score (nSPS) is 11.0. The lowest BCUT2D eigenvalue weighted by Gasteiger charge is -2.09. The predicted octanol–water partition coefficient (Wildman–Crippen LogP) is 4.49. The molecule has 150 valence electrons. The Hall–Kier alpha value is -4.21. The SMILES string of the molecule is O=C(Nc1ccccc1[N+](=O)[O-])c1cnn2c(C(F)F)cc(-c3ccccc3)nc12. The molecule has 8 nitrogen and oxygen atoms in total. The standard InChI is InChI=1S/C20H13F2N5O3/c21-18(22)17-10-15(12-6-2-1-3-7-12)24-19-13(11-23-26(17)19)20(28)25-14-8-4-5-9-16(14)27(29)30/h1-11,18H,(H,25,28). The van der Waals surface area contributed by atoms with Crippen LogP contribution in [0.4, 0.5) is 20.2 Å². The number of anilines is 1. The molecule has 0 unspecified atom stereocenters. The van der Waals surface area contributed by atoms with Crippen molar-refractivity contribution in [2.24, 2.45) is 0 Å². The Morgan fingerprint density at radius 3 is 2.50 bits per heavy atom. The van der Waals surface area contributed by atoms with Gasteiger partial charge in [0.15, 0.2) is 5.65 Å². The molecule has 4 aromatic rings. The molecule has 0 aliphatic carbocycles. The van der Waals surface area contributed by atoms with Crippen LogP contribution in [0.5, 0.6) is 0 Å². The molecule has 30 heavy (non-hydrogen) atoms. The molecule has 10 heteroatoms. The van der Waals surface area contributed by atoms with Gasteiger partial charge in [0.2, 0.25) is 0 Å². The van der Waals surface area contributed by atoms with Crippen LogP contribution in [-0.4, -0.2) is 25.4 Å². The quantitative estimate of drug-likeness (QED) is 0.386. The molecule has 2 heterocycles. The molecule has 0 fully saturated rings. The summed E-state index contributed by atoms with van der Waals surface area (Å²) < 4.78 is 28.1. The molecule has 0 radical (unpaired) electrons. The Bertz CT molecular complexity index is 1260. The molecule has 0 aliphatic heterocycles. The maximum atomic E-state index is 13.6. The summed E-state index contributed by atoms with van der Waals surface area (Å²) in [6, 6.07) is 15.5. The van der Waals surface area contributed by atoms with Crippen LogP contribution in [0.25, 0.3) is 16.9 Å². The van der Waals surface area contributed by atoms with E-state index in [1.807, 2.05) is 0 Å². The number of aromatic nitrogens is 3. The van der Waals surface area contributed by atoms with Crippen LogP contribution in [0.15, 0.2) is 66.9 Å². The Balaban J connectivity index is 1.81. The highest BCUT2D eigenvalue weighted by atomic mass is 19.3. The molecule has 0 saturated carbocycles. The highest BCUT2D eigenvalue weighted by Crippen LogP contribution is 2.28. The number of alkyl halides is 2. The number of rotatable bonds is 5. The van der Waals surface area contributed by atoms with E-state index in [0.29, 0.717) is 5.56 Å². The fourth-order valence-electron chi connectivity index (χ4n) is 2.99. The molecule has 0 atom stereocenters. The first-order valence-electron chi connectivity index (χ1n) is 8.72. The van der Waals surface area contributed by atoms with E-state index >= 15 is 0 Å². The van der Waals surface area contributed by atoms with E-state index in [9.17, 15) is 23.7 Å². The number of benzene rings is 2. The first-order chi connectivity index (χ1) is 14.5. The number of fused-ring (bicyclic) bond motifs is 1. The molecule has 4 rings (SSSR count). The second kappa shape index (κ2) is 7.66. The van der Waals surface area contributed by atoms with E-state index in [0.717, 1.165) is 10.7 Å². The molecule has 1 N–H and O–H groups in total. The zero-order chi connectivity index (χ0) is 21.3.